The Morgan fingerprint density at radius 3 is 2.62 bits per heavy atom. The molecule has 2 aromatic rings. The van der Waals surface area contributed by atoms with Gasteiger partial charge in [0.15, 0.2) is 11.5 Å². The maximum atomic E-state index is 5.55. The van der Waals surface area contributed by atoms with Crippen LogP contribution in [0, 0.1) is 0 Å². The van der Waals surface area contributed by atoms with Crippen molar-refractivity contribution >= 4 is 15.9 Å². The molecule has 1 aliphatic rings. The van der Waals surface area contributed by atoms with Crippen molar-refractivity contribution in [2.24, 2.45) is 0 Å². The van der Waals surface area contributed by atoms with Gasteiger partial charge in [-0.25, -0.2) is 0 Å². The van der Waals surface area contributed by atoms with Crippen molar-refractivity contribution in [2.45, 2.75) is 25.9 Å². The van der Waals surface area contributed by atoms with Crippen LogP contribution in [0.15, 0.2) is 46.9 Å². The molecule has 3 nitrogen and oxygen atoms in total. The predicted octanol–water partition coefficient (Wildman–Crippen LogP) is 4.20. The molecule has 0 atom stereocenters. The van der Waals surface area contributed by atoms with Crippen LogP contribution in [0.4, 0.5) is 0 Å². The zero-order valence-corrected chi connectivity index (χ0v) is 13.7. The van der Waals surface area contributed by atoms with E-state index < -0.39 is 0 Å². The first-order valence-electron chi connectivity index (χ1n) is 6.95. The standard InChI is InChI=1S/C17H18BrNO2/c1-17(2,13-6-8-14(18)9-7-13)19-10-12-4-3-5-15-16(12)21-11-20-15/h3-9,19H,10-11H2,1-2H3. The number of ether oxygens (including phenoxy) is 2. The Hall–Kier alpha value is -1.52. The zero-order valence-electron chi connectivity index (χ0n) is 12.2. The highest BCUT2D eigenvalue weighted by Gasteiger charge is 2.22. The fourth-order valence-electron chi connectivity index (χ4n) is 2.41. The molecule has 0 amide bonds. The summed E-state index contributed by atoms with van der Waals surface area (Å²) < 4.78 is 12.1. The predicted molar refractivity (Wildman–Crippen MR) is 86.6 cm³/mol. The summed E-state index contributed by atoms with van der Waals surface area (Å²) in [6, 6.07) is 14.4. The number of para-hydroxylation sites is 1. The second-order valence-corrected chi connectivity index (χ2v) is 6.55. The van der Waals surface area contributed by atoms with Crippen LogP contribution in [0.25, 0.3) is 0 Å². The SMILES string of the molecule is CC(C)(NCc1cccc2c1OCO2)c1ccc(Br)cc1. The van der Waals surface area contributed by atoms with E-state index in [1.165, 1.54) is 5.56 Å². The second-order valence-electron chi connectivity index (χ2n) is 5.64. The number of fused-ring (bicyclic) bond motifs is 1. The van der Waals surface area contributed by atoms with Crippen LogP contribution in [-0.4, -0.2) is 6.79 Å². The molecular formula is C17H18BrNO2. The molecule has 1 aliphatic heterocycles. The molecule has 0 aliphatic carbocycles. The van der Waals surface area contributed by atoms with Crippen molar-refractivity contribution in [3.05, 3.63) is 58.1 Å². The Labute approximate surface area is 133 Å². The van der Waals surface area contributed by atoms with E-state index in [4.69, 9.17) is 9.47 Å². The maximum Gasteiger partial charge on any atom is 0.231 e. The third kappa shape index (κ3) is 3.06. The molecular weight excluding hydrogens is 330 g/mol. The van der Waals surface area contributed by atoms with Gasteiger partial charge in [0.25, 0.3) is 0 Å². The molecule has 0 aromatic heterocycles. The van der Waals surface area contributed by atoms with Crippen molar-refractivity contribution < 1.29 is 9.47 Å². The molecule has 0 unspecified atom stereocenters. The van der Waals surface area contributed by atoms with E-state index in [-0.39, 0.29) is 5.54 Å². The molecule has 0 fully saturated rings. The van der Waals surface area contributed by atoms with Crippen molar-refractivity contribution in [2.75, 3.05) is 6.79 Å². The Morgan fingerprint density at radius 2 is 1.86 bits per heavy atom. The minimum atomic E-state index is -0.122. The molecule has 110 valence electrons. The lowest BCUT2D eigenvalue weighted by molar-refractivity contribution is 0.173. The molecule has 2 aromatic carbocycles. The molecule has 0 bridgehead atoms. The first-order valence-corrected chi connectivity index (χ1v) is 7.74. The summed E-state index contributed by atoms with van der Waals surface area (Å²) in [6.45, 7) is 5.39. The van der Waals surface area contributed by atoms with E-state index in [1.807, 2.05) is 12.1 Å². The van der Waals surface area contributed by atoms with Crippen LogP contribution in [0.1, 0.15) is 25.0 Å². The molecule has 1 N–H and O–H groups in total. The van der Waals surface area contributed by atoms with E-state index >= 15 is 0 Å². The highest BCUT2D eigenvalue weighted by Crippen LogP contribution is 2.35. The lowest BCUT2D eigenvalue weighted by Gasteiger charge is -2.27. The Morgan fingerprint density at radius 1 is 1.10 bits per heavy atom. The van der Waals surface area contributed by atoms with Gasteiger partial charge in [-0.1, -0.05) is 40.2 Å². The van der Waals surface area contributed by atoms with E-state index in [1.54, 1.807) is 0 Å². The van der Waals surface area contributed by atoms with Crippen molar-refractivity contribution in [3.8, 4) is 11.5 Å². The number of benzene rings is 2. The fraction of sp³-hybridized carbons (Fsp3) is 0.294. The fourth-order valence-corrected chi connectivity index (χ4v) is 2.68. The van der Waals surface area contributed by atoms with Crippen LogP contribution in [0.3, 0.4) is 0 Å². The van der Waals surface area contributed by atoms with Gasteiger partial charge in [-0.2, -0.15) is 0 Å². The summed E-state index contributed by atoms with van der Waals surface area (Å²) in [5.74, 6) is 1.69. The number of hydrogen-bond acceptors (Lipinski definition) is 3. The minimum Gasteiger partial charge on any atom is -0.454 e. The van der Waals surface area contributed by atoms with Gasteiger partial charge in [-0.15, -0.1) is 0 Å². The maximum absolute atomic E-state index is 5.55. The van der Waals surface area contributed by atoms with Gasteiger partial charge in [0.1, 0.15) is 0 Å². The lowest BCUT2D eigenvalue weighted by atomic mass is 9.94. The zero-order chi connectivity index (χ0) is 14.9. The summed E-state index contributed by atoms with van der Waals surface area (Å²) in [5, 5.41) is 3.59. The van der Waals surface area contributed by atoms with E-state index in [9.17, 15) is 0 Å². The van der Waals surface area contributed by atoms with E-state index in [0.717, 1.165) is 28.1 Å². The molecule has 21 heavy (non-hydrogen) atoms. The Kier molecular flexibility index (Phi) is 3.91. The van der Waals surface area contributed by atoms with Gasteiger partial charge in [-0.05, 0) is 37.6 Å². The third-order valence-corrected chi connectivity index (χ3v) is 4.29. The molecule has 3 rings (SSSR count). The summed E-state index contributed by atoms with van der Waals surface area (Å²) in [4.78, 5) is 0. The van der Waals surface area contributed by atoms with Gasteiger partial charge in [0.2, 0.25) is 6.79 Å². The summed E-state index contributed by atoms with van der Waals surface area (Å²) in [6.07, 6.45) is 0. The molecule has 0 spiro atoms. The summed E-state index contributed by atoms with van der Waals surface area (Å²) in [7, 11) is 0. The molecule has 0 saturated carbocycles. The van der Waals surface area contributed by atoms with Crippen LogP contribution in [-0.2, 0) is 12.1 Å². The quantitative estimate of drug-likeness (QED) is 0.898. The average molecular weight is 348 g/mol. The van der Waals surface area contributed by atoms with E-state index in [2.05, 4.69) is 65.4 Å². The lowest BCUT2D eigenvalue weighted by Crippen LogP contribution is -2.35. The Balaban J connectivity index is 1.75. The normalized spacial score (nSPS) is 13.5. The van der Waals surface area contributed by atoms with Gasteiger partial charge in [0, 0.05) is 22.1 Å². The van der Waals surface area contributed by atoms with Gasteiger partial charge >= 0.3 is 0 Å². The highest BCUT2D eigenvalue weighted by atomic mass is 79.9. The second kappa shape index (κ2) is 5.70. The first-order chi connectivity index (χ1) is 10.1. The topological polar surface area (TPSA) is 30.5 Å². The van der Waals surface area contributed by atoms with Crippen LogP contribution < -0.4 is 14.8 Å². The number of hydrogen-bond donors (Lipinski definition) is 1. The average Bonchev–Trinajstić information content (AvgIpc) is 2.94. The smallest absolute Gasteiger partial charge is 0.231 e. The monoisotopic (exact) mass is 347 g/mol. The van der Waals surface area contributed by atoms with Crippen LogP contribution in [0.5, 0.6) is 11.5 Å². The van der Waals surface area contributed by atoms with Crippen molar-refractivity contribution in [1.82, 2.24) is 5.32 Å². The minimum absolute atomic E-state index is 0.122. The van der Waals surface area contributed by atoms with Crippen molar-refractivity contribution in [1.29, 1.82) is 0 Å². The van der Waals surface area contributed by atoms with Gasteiger partial charge < -0.3 is 14.8 Å². The van der Waals surface area contributed by atoms with E-state index in [0.29, 0.717) is 6.79 Å². The largest absolute Gasteiger partial charge is 0.454 e. The third-order valence-electron chi connectivity index (χ3n) is 3.76. The van der Waals surface area contributed by atoms with Gasteiger partial charge in [-0.3, -0.25) is 0 Å². The Bertz CT molecular complexity index is 638. The molecule has 1 heterocycles. The summed E-state index contributed by atoms with van der Waals surface area (Å²) in [5.41, 5.74) is 2.24. The van der Waals surface area contributed by atoms with Gasteiger partial charge in [0.05, 0.1) is 0 Å². The first kappa shape index (κ1) is 14.4. The number of rotatable bonds is 4. The van der Waals surface area contributed by atoms with Crippen LogP contribution >= 0.6 is 15.9 Å². The number of nitrogens with one attached hydrogen (secondary N) is 1. The highest BCUT2D eigenvalue weighted by molar-refractivity contribution is 9.10. The van der Waals surface area contributed by atoms with Crippen molar-refractivity contribution in [3.63, 3.8) is 0 Å². The molecule has 0 saturated heterocycles. The summed E-state index contributed by atoms with van der Waals surface area (Å²) >= 11 is 3.47. The molecule has 4 heteroatoms. The van der Waals surface area contributed by atoms with Crippen LogP contribution in [0.2, 0.25) is 0 Å². The number of halogens is 1. The molecule has 0 radical (unpaired) electrons.